The van der Waals surface area contributed by atoms with Gasteiger partial charge in [-0.15, -0.1) is 16.4 Å². The minimum absolute atomic E-state index is 0.587. The molecular formula is C10H5Cl2N3S. The lowest BCUT2D eigenvalue weighted by Gasteiger charge is -1.90. The van der Waals surface area contributed by atoms with Gasteiger partial charge in [-0.3, -0.25) is 0 Å². The van der Waals surface area contributed by atoms with E-state index in [0.717, 1.165) is 9.21 Å². The molecule has 0 aliphatic rings. The van der Waals surface area contributed by atoms with Crippen molar-refractivity contribution in [2.24, 2.45) is 0 Å². The van der Waals surface area contributed by atoms with Crippen molar-refractivity contribution < 1.29 is 0 Å². The Bertz CT molecular complexity index is 659. The molecular weight excluding hydrogens is 265 g/mol. The Labute approximate surface area is 105 Å². The van der Waals surface area contributed by atoms with Gasteiger partial charge in [-0.2, -0.15) is 0 Å². The van der Waals surface area contributed by atoms with Gasteiger partial charge in [0.2, 0.25) is 0 Å². The number of thiophene rings is 1. The molecule has 3 nitrogen and oxygen atoms in total. The lowest BCUT2D eigenvalue weighted by atomic mass is 10.4. The molecule has 0 unspecified atom stereocenters. The molecule has 80 valence electrons. The van der Waals surface area contributed by atoms with Gasteiger partial charge >= 0.3 is 0 Å². The van der Waals surface area contributed by atoms with E-state index < -0.39 is 0 Å². The fourth-order valence-electron chi connectivity index (χ4n) is 1.41. The van der Waals surface area contributed by atoms with Gasteiger partial charge in [0, 0.05) is 6.20 Å². The van der Waals surface area contributed by atoms with Crippen LogP contribution in [0.2, 0.25) is 9.36 Å². The van der Waals surface area contributed by atoms with Crippen LogP contribution in [0.3, 0.4) is 0 Å². The molecule has 3 rings (SSSR count). The van der Waals surface area contributed by atoms with Crippen molar-refractivity contribution >= 4 is 40.2 Å². The number of rotatable bonds is 1. The first kappa shape index (κ1) is 10.1. The molecule has 0 saturated heterocycles. The highest BCUT2D eigenvalue weighted by Gasteiger charge is 2.10. The second kappa shape index (κ2) is 3.73. The fraction of sp³-hybridized carbons (Fsp3) is 0. The van der Waals surface area contributed by atoms with E-state index >= 15 is 0 Å². The molecule has 0 bridgehead atoms. The van der Waals surface area contributed by atoms with E-state index in [4.69, 9.17) is 23.2 Å². The minimum Gasteiger partial charge on any atom is -0.219 e. The van der Waals surface area contributed by atoms with Crippen molar-refractivity contribution in [2.45, 2.75) is 0 Å². The van der Waals surface area contributed by atoms with Crippen LogP contribution < -0.4 is 0 Å². The van der Waals surface area contributed by atoms with E-state index in [0.29, 0.717) is 16.5 Å². The van der Waals surface area contributed by atoms with Gasteiger partial charge in [0.1, 0.15) is 0 Å². The molecule has 6 heteroatoms. The van der Waals surface area contributed by atoms with E-state index in [-0.39, 0.29) is 0 Å². The molecule has 0 aliphatic carbocycles. The van der Waals surface area contributed by atoms with Gasteiger partial charge in [0.25, 0.3) is 0 Å². The van der Waals surface area contributed by atoms with Gasteiger partial charge in [0.15, 0.2) is 11.5 Å². The maximum Gasteiger partial charge on any atom is 0.192 e. The smallest absolute Gasteiger partial charge is 0.192 e. The summed E-state index contributed by atoms with van der Waals surface area (Å²) in [4.78, 5) is 5.30. The van der Waals surface area contributed by atoms with Crippen molar-refractivity contribution in [3.8, 4) is 10.7 Å². The largest absolute Gasteiger partial charge is 0.219 e. The second-order valence-electron chi connectivity index (χ2n) is 3.16. The lowest BCUT2D eigenvalue weighted by Crippen LogP contribution is -1.85. The molecule has 0 N–H and O–H groups in total. The highest BCUT2D eigenvalue weighted by molar-refractivity contribution is 7.19. The van der Waals surface area contributed by atoms with Crippen molar-refractivity contribution in [3.05, 3.63) is 39.8 Å². The second-order valence-corrected chi connectivity index (χ2v) is 5.29. The first-order chi connectivity index (χ1) is 7.74. The van der Waals surface area contributed by atoms with E-state index in [2.05, 4.69) is 10.1 Å². The van der Waals surface area contributed by atoms with Gasteiger partial charge in [0.05, 0.1) is 14.2 Å². The summed E-state index contributed by atoms with van der Waals surface area (Å²) in [7, 11) is 0. The van der Waals surface area contributed by atoms with Crippen LogP contribution in [0.4, 0.5) is 0 Å². The summed E-state index contributed by atoms with van der Waals surface area (Å²) >= 11 is 13.3. The Hall–Kier alpha value is -1.10. The summed E-state index contributed by atoms with van der Waals surface area (Å²) in [6.07, 6.45) is 1.81. The Kier molecular flexibility index (Phi) is 2.35. The third-order valence-electron chi connectivity index (χ3n) is 2.11. The zero-order chi connectivity index (χ0) is 11.1. The van der Waals surface area contributed by atoms with Gasteiger partial charge in [-0.1, -0.05) is 23.2 Å². The predicted octanol–water partition coefficient (Wildman–Crippen LogP) is 3.76. The summed E-state index contributed by atoms with van der Waals surface area (Å²) in [6, 6.07) is 7.34. The molecule has 0 saturated carbocycles. The van der Waals surface area contributed by atoms with Crippen LogP contribution in [0.5, 0.6) is 0 Å². The van der Waals surface area contributed by atoms with Crippen LogP contribution in [-0.4, -0.2) is 14.6 Å². The third-order valence-corrected chi connectivity index (χ3v) is 3.63. The lowest BCUT2D eigenvalue weighted by molar-refractivity contribution is 0.967. The molecule has 0 spiro atoms. The number of fused-ring (bicyclic) bond motifs is 1. The molecule has 3 aromatic rings. The molecule has 3 aromatic heterocycles. The quantitative estimate of drug-likeness (QED) is 0.673. The van der Waals surface area contributed by atoms with Crippen LogP contribution in [0.1, 0.15) is 0 Å². The van der Waals surface area contributed by atoms with E-state index in [1.54, 1.807) is 10.6 Å². The summed E-state index contributed by atoms with van der Waals surface area (Å²) in [5, 5.41) is 4.92. The molecule has 0 aliphatic heterocycles. The maximum atomic E-state index is 6.02. The highest BCUT2D eigenvalue weighted by atomic mass is 35.5. The monoisotopic (exact) mass is 269 g/mol. The third kappa shape index (κ3) is 1.59. The van der Waals surface area contributed by atoms with Crippen LogP contribution in [-0.2, 0) is 0 Å². The number of hydrogen-bond acceptors (Lipinski definition) is 3. The van der Waals surface area contributed by atoms with Crippen LogP contribution in [0.15, 0.2) is 30.5 Å². The topological polar surface area (TPSA) is 30.2 Å². The van der Waals surface area contributed by atoms with Gasteiger partial charge in [-0.05, 0) is 24.3 Å². The fourth-order valence-corrected chi connectivity index (χ4v) is 2.59. The molecule has 3 heterocycles. The molecule has 16 heavy (non-hydrogen) atoms. The van der Waals surface area contributed by atoms with Crippen molar-refractivity contribution in [2.75, 3.05) is 0 Å². The van der Waals surface area contributed by atoms with Crippen molar-refractivity contribution in [1.82, 2.24) is 14.6 Å². The molecule has 0 radical (unpaired) electrons. The Morgan fingerprint density at radius 1 is 1.19 bits per heavy atom. The Morgan fingerprint density at radius 2 is 2.06 bits per heavy atom. The first-order valence-electron chi connectivity index (χ1n) is 4.50. The maximum absolute atomic E-state index is 6.02. The number of nitrogens with zero attached hydrogens (tertiary/aromatic N) is 3. The highest BCUT2D eigenvalue weighted by Crippen LogP contribution is 2.29. The molecule has 0 amide bonds. The zero-order valence-corrected chi connectivity index (χ0v) is 10.2. The van der Waals surface area contributed by atoms with Crippen LogP contribution >= 0.6 is 34.5 Å². The van der Waals surface area contributed by atoms with Gasteiger partial charge in [-0.25, -0.2) is 9.50 Å². The summed E-state index contributed by atoms with van der Waals surface area (Å²) in [6.45, 7) is 0. The normalized spacial score (nSPS) is 11.1. The van der Waals surface area contributed by atoms with E-state index in [1.807, 2.05) is 24.4 Å². The standard InChI is InChI=1S/C10H5Cl2N3S/c11-6-2-1-5-15-10(6)13-9(14-15)7-3-4-8(12)16-7/h1-5H. The molecule has 0 aromatic carbocycles. The SMILES string of the molecule is Clc1ccc(-c2nc3c(Cl)cccn3n2)s1. The van der Waals surface area contributed by atoms with E-state index in [1.165, 1.54) is 11.3 Å². The summed E-state index contributed by atoms with van der Waals surface area (Å²) < 4.78 is 2.38. The summed E-state index contributed by atoms with van der Waals surface area (Å²) in [5.74, 6) is 0.644. The number of hydrogen-bond donors (Lipinski definition) is 0. The number of pyridine rings is 1. The molecule has 0 atom stereocenters. The number of halogens is 2. The minimum atomic E-state index is 0.587. The zero-order valence-electron chi connectivity index (χ0n) is 7.89. The van der Waals surface area contributed by atoms with Crippen molar-refractivity contribution in [3.63, 3.8) is 0 Å². The average Bonchev–Trinajstić information content (AvgIpc) is 2.84. The predicted molar refractivity (Wildman–Crippen MR) is 66.3 cm³/mol. The summed E-state index contributed by atoms with van der Waals surface area (Å²) in [5.41, 5.74) is 0.656. The average molecular weight is 270 g/mol. The first-order valence-corrected chi connectivity index (χ1v) is 6.08. The number of aromatic nitrogens is 3. The van der Waals surface area contributed by atoms with Gasteiger partial charge < -0.3 is 0 Å². The molecule has 0 fully saturated rings. The Morgan fingerprint density at radius 3 is 2.75 bits per heavy atom. The van der Waals surface area contributed by atoms with Crippen LogP contribution in [0, 0.1) is 0 Å². The van der Waals surface area contributed by atoms with Crippen molar-refractivity contribution in [1.29, 1.82) is 0 Å². The Balaban J connectivity index is 2.22. The van der Waals surface area contributed by atoms with Crippen LogP contribution in [0.25, 0.3) is 16.3 Å². The van der Waals surface area contributed by atoms with E-state index in [9.17, 15) is 0 Å².